The molecule has 72 valence electrons. The van der Waals surface area contributed by atoms with E-state index in [-0.39, 0.29) is 5.54 Å². The number of benzene rings is 1. The van der Waals surface area contributed by atoms with E-state index in [1.165, 1.54) is 0 Å². The Hall–Kier alpha value is -1.11. The molecule has 0 aromatic heterocycles. The molecule has 0 radical (unpaired) electrons. The normalized spacial score (nSPS) is 29.4. The monoisotopic (exact) mass is 207 g/mol. The number of hydrogen-bond donors (Lipinski definition) is 0. The van der Waals surface area contributed by atoms with Crippen LogP contribution >= 0.6 is 11.6 Å². The molecule has 1 aromatic carbocycles. The van der Waals surface area contributed by atoms with Crippen molar-refractivity contribution in [3.63, 3.8) is 0 Å². The second-order valence-electron chi connectivity index (χ2n) is 3.74. The van der Waals surface area contributed by atoms with Gasteiger partial charge >= 0.3 is 0 Å². The first-order valence-electron chi connectivity index (χ1n) is 4.54. The van der Waals surface area contributed by atoms with Crippen molar-refractivity contribution >= 4 is 17.7 Å². The van der Waals surface area contributed by atoms with E-state index in [0.29, 0.717) is 10.9 Å². The predicted octanol–water partition coefficient (Wildman–Crippen LogP) is 2.91. The summed E-state index contributed by atoms with van der Waals surface area (Å²) in [4.78, 5) is 14.2. The van der Waals surface area contributed by atoms with Gasteiger partial charge in [0.05, 0.1) is 0 Å². The fourth-order valence-electron chi connectivity index (χ4n) is 1.87. The van der Waals surface area contributed by atoms with Crippen LogP contribution in [0.4, 0.5) is 0 Å². The van der Waals surface area contributed by atoms with Crippen LogP contribution < -0.4 is 0 Å². The maximum atomic E-state index is 10.3. The molecule has 1 fully saturated rings. The number of aliphatic imine (C=N–C) groups is 1. The Morgan fingerprint density at radius 3 is 2.86 bits per heavy atom. The highest BCUT2D eigenvalue weighted by molar-refractivity contribution is 6.30. The predicted molar refractivity (Wildman–Crippen MR) is 55.0 cm³/mol. The van der Waals surface area contributed by atoms with Crippen LogP contribution in [0.25, 0.3) is 0 Å². The largest absolute Gasteiger partial charge is 0.235 e. The van der Waals surface area contributed by atoms with E-state index >= 15 is 0 Å². The van der Waals surface area contributed by atoms with Crippen molar-refractivity contribution in [1.29, 1.82) is 0 Å². The van der Waals surface area contributed by atoms with Gasteiger partial charge in [0, 0.05) is 5.02 Å². The number of nitrogens with zero attached hydrogens (tertiary/aromatic N) is 1. The van der Waals surface area contributed by atoms with Crippen LogP contribution in [0.2, 0.25) is 5.02 Å². The lowest BCUT2D eigenvalue weighted by atomic mass is 10.0. The van der Waals surface area contributed by atoms with Gasteiger partial charge in [0.2, 0.25) is 6.08 Å². The average Bonchev–Trinajstić information content (AvgIpc) is 2.79. The van der Waals surface area contributed by atoms with Crippen molar-refractivity contribution in [3.05, 3.63) is 34.9 Å². The first-order chi connectivity index (χ1) is 6.69. The van der Waals surface area contributed by atoms with Crippen LogP contribution in [-0.4, -0.2) is 6.08 Å². The fourth-order valence-corrected chi connectivity index (χ4v) is 2.06. The zero-order chi connectivity index (χ0) is 10.2. The summed E-state index contributed by atoms with van der Waals surface area (Å²) in [7, 11) is 0. The molecule has 0 saturated heterocycles. The van der Waals surface area contributed by atoms with Crippen LogP contribution in [-0.2, 0) is 10.3 Å². The number of hydrogen-bond acceptors (Lipinski definition) is 2. The van der Waals surface area contributed by atoms with E-state index < -0.39 is 0 Å². The van der Waals surface area contributed by atoms with E-state index in [1.54, 1.807) is 6.08 Å². The third kappa shape index (κ3) is 1.37. The molecule has 0 heterocycles. The molecular weight excluding hydrogens is 198 g/mol. The summed E-state index contributed by atoms with van der Waals surface area (Å²) in [5.41, 5.74) is 0.674. The molecule has 2 nitrogen and oxygen atoms in total. The molecule has 2 atom stereocenters. The minimum Gasteiger partial charge on any atom is -0.211 e. The van der Waals surface area contributed by atoms with Crippen LogP contribution in [0.15, 0.2) is 29.3 Å². The highest BCUT2D eigenvalue weighted by Gasteiger charge is 2.53. The molecule has 1 aliphatic rings. The fraction of sp³-hybridized carbons (Fsp3) is 0.364. The van der Waals surface area contributed by atoms with Crippen LogP contribution in [0, 0.1) is 5.92 Å². The Morgan fingerprint density at radius 1 is 1.64 bits per heavy atom. The van der Waals surface area contributed by atoms with E-state index in [1.807, 2.05) is 24.3 Å². The van der Waals surface area contributed by atoms with Gasteiger partial charge in [-0.3, -0.25) is 0 Å². The third-order valence-corrected chi connectivity index (χ3v) is 3.08. The van der Waals surface area contributed by atoms with Gasteiger partial charge in [0.1, 0.15) is 5.54 Å². The van der Waals surface area contributed by atoms with Crippen molar-refractivity contribution in [2.45, 2.75) is 18.9 Å². The molecule has 1 aromatic rings. The summed E-state index contributed by atoms with van der Waals surface area (Å²) >= 11 is 5.89. The summed E-state index contributed by atoms with van der Waals surface area (Å²) in [6.07, 6.45) is 2.56. The molecule has 0 bridgehead atoms. The van der Waals surface area contributed by atoms with Crippen molar-refractivity contribution in [3.8, 4) is 0 Å². The lowest BCUT2D eigenvalue weighted by molar-refractivity contribution is 0.552. The van der Waals surface area contributed by atoms with Gasteiger partial charge in [-0.2, -0.15) is 4.99 Å². The zero-order valence-corrected chi connectivity index (χ0v) is 8.58. The standard InChI is InChI=1S/C11H10ClNO/c1-8-6-11(8,13-7-14)9-3-2-4-10(12)5-9/h2-5,8H,6H2,1H3. The summed E-state index contributed by atoms with van der Waals surface area (Å²) in [6.45, 7) is 2.07. The number of halogens is 1. The van der Waals surface area contributed by atoms with Gasteiger partial charge in [-0.25, -0.2) is 4.79 Å². The highest BCUT2D eigenvalue weighted by Crippen LogP contribution is 2.55. The average molecular weight is 208 g/mol. The lowest BCUT2D eigenvalue weighted by Gasteiger charge is -2.09. The van der Waals surface area contributed by atoms with E-state index in [0.717, 1.165) is 12.0 Å². The Balaban J connectivity index is 2.43. The van der Waals surface area contributed by atoms with Crippen molar-refractivity contribution in [1.82, 2.24) is 0 Å². The molecule has 0 aliphatic heterocycles. The van der Waals surface area contributed by atoms with Crippen molar-refractivity contribution in [2.75, 3.05) is 0 Å². The highest BCUT2D eigenvalue weighted by atomic mass is 35.5. The Bertz CT molecular complexity index is 412. The maximum Gasteiger partial charge on any atom is 0.235 e. The summed E-state index contributed by atoms with van der Waals surface area (Å²) < 4.78 is 0. The van der Waals surface area contributed by atoms with Crippen molar-refractivity contribution in [2.24, 2.45) is 10.9 Å². The van der Waals surface area contributed by atoms with Gasteiger partial charge < -0.3 is 0 Å². The molecule has 2 unspecified atom stereocenters. The molecule has 3 heteroatoms. The third-order valence-electron chi connectivity index (χ3n) is 2.84. The first-order valence-corrected chi connectivity index (χ1v) is 4.92. The van der Waals surface area contributed by atoms with E-state index in [4.69, 9.17) is 11.6 Å². The maximum absolute atomic E-state index is 10.3. The molecule has 2 rings (SSSR count). The van der Waals surface area contributed by atoms with Crippen molar-refractivity contribution < 1.29 is 4.79 Å². The minimum atomic E-state index is -0.341. The van der Waals surface area contributed by atoms with Gasteiger partial charge in [-0.1, -0.05) is 30.7 Å². The SMILES string of the molecule is CC1CC1(N=C=O)c1cccc(Cl)c1. The second kappa shape index (κ2) is 3.23. The Labute approximate surface area is 87.6 Å². The lowest BCUT2D eigenvalue weighted by Crippen LogP contribution is -2.04. The molecule has 14 heavy (non-hydrogen) atoms. The number of rotatable bonds is 2. The van der Waals surface area contributed by atoms with Crippen LogP contribution in [0.3, 0.4) is 0 Å². The van der Waals surface area contributed by atoms with Gasteiger partial charge in [-0.05, 0) is 30.0 Å². The molecule has 1 aliphatic carbocycles. The minimum absolute atomic E-state index is 0.341. The van der Waals surface area contributed by atoms with Gasteiger partial charge in [0.25, 0.3) is 0 Å². The number of isocyanates is 1. The first kappa shape index (κ1) is 9.45. The van der Waals surface area contributed by atoms with Gasteiger partial charge in [-0.15, -0.1) is 0 Å². The Kier molecular flexibility index (Phi) is 2.18. The molecule has 0 spiro atoms. The molecule has 1 saturated carbocycles. The van der Waals surface area contributed by atoms with Crippen LogP contribution in [0.1, 0.15) is 18.9 Å². The topological polar surface area (TPSA) is 29.4 Å². The quantitative estimate of drug-likeness (QED) is 0.542. The smallest absolute Gasteiger partial charge is 0.211 e. The summed E-state index contributed by atoms with van der Waals surface area (Å²) in [5, 5.41) is 0.682. The Morgan fingerprint density at radius 2 is 2.36 bits per heavy atom. The number of carbonyl (C=O) groups excluding carboxylic acids is 1. The van der Waals surface area contributed by atoms with E-state index in [2.05, 4.69) is 11.9 Å². The molecule has 0 amide bonds. The zero-order valence-electron chi connectivity index (χ0n) is 7.83. The summed E-state index contributed by atoms with van der Waals surface area (Å²) in [5.74, 6) is 0.405. The second-order valence-corrected chi connectivity index (χ2v) is 4.18. The van der Waals surface area contributed by atoms with E-state index in [9.17, 15) is 4.79 Å². The van der Waals surface area contributed by atoms with Crippen LogP contribution in [0.5, 0.6) is 0 Å². The van der Waals surface area contributed by atoms with Gasteiger partial charge in [0.15, 0.2) is 0 Å². The molecule has 0 N–H and O–H groups in total. The molecular formula is C11H10ClNO. The summed E-state index contributed by atoms with van der Waals surface area (Å²) in [6, 6.07) is 7.52.